The zero-order valence-electron chi connectivity index (χ0n) is 18.1. The quantitative estimate of drug-likeness (QED) is 0.484. The second kappa shape index (κ2) is 9.72. The zero-order chi connectivity index (χ0) is 22.7. The van der Waals surface area contributed by atoms with E-state index in [0.717, 1.165) is 29.2 Å². The smallest absolute Gasteiger partial charge is 0.414 e. The van der Waals surface area contributed by atoms with Gasteiger partial charge in [-0.1, -0.05) is 12.2 Å². The van der Waals surface area contributed by atoms with Crippen LogP contribution < -0.4 is 15.1 Å². The first-order valence-corrected chi connectivity index (χ1v) is 11.3. The van der Waals surface area contributed by atoms with E-state index in [-0.39, 0.29) is 24.7 Å². The van der Waals surface area contributed by atoms with Gasteiger partial charge in [0.15, 0.2) is 6.61 Å². The predicted octanol–water partition coefficient (Wildman–Crippen LogP) is 1.55. The van der Waals surface area contributed by atoms with Crippen LogP contribution in [0.2, 0.25) is 0 Å². The van der Waals surface area contributed by atoms with Crippen molar-refractivity contribution >= 4 is 46.6 Å². The molecule has 1 unspecified atom stereocenters. The van der Waals surface area contributed by atoms with E-state index in [4.69, 9.17) is 21.7 Å². The highest BCUT2D eigenvalue weighted by Crippen LogP contribution is 2.30. The summed E-state index contributed by atoms with van der Waals surface area (Å²) in [7, 11) is 0. The van der Waals surface area contributed by atoms with Crippen LogP contribution in [0.25, 0.3) is 0 Å². The monoisotopic (exact) mass is 460 g/mol. The van der Waals surface area contributed by atoms with Crippen LogP contribution in [0.5, 0.6) is 0 Å². The topological polar surface area (TPSA) is 91.4 Å². The van der Waals surface area contributed by atoms with Crippen molar-refractivity contribution in [2.75, 3.05) is 55.7 Å². The van der Waals surface area contributed by atoms with Gasteiger partial charge in [0, 0.05) is 50.4 Å². The lowest BCUT2D eigenvalue weighted by Gasteiger charge is -2.36. The average Bonchev–Trinajstić information content (AvgIpc) is 3.58. The Labute approximate surface area is 192 Å². The fraction of sp³-hybridized carbons (Fsp3) is 0.545. The minimum Gasteiger partial charge on any atom is -0.456 e. The van der Waals surface area contributed by atoms with Crippen molar-refractivity contribution in [2.45, 2.75) is 25.9 Å². The molecule has 172 valence electrons. The summed E-state index contributed by atoms with van der Waals surface area (Å²) in [6.45, 7) is 4.61. The third kappa shape index (κ3) is 5.48. The zero-order valence-corrected chi connectivity index (χ0v) is 18.9. The number of hydrogen-bond donors (Lipinski definition) is 1. The Balaban J connectivity index is 1.26. The fourth-order valence-corrected chi connectivity index (χ4v) is 4.17. The molecule has 1 saturated carbocycles. The minimum atomic E-state index is -0.455. The number of piperazine rings is 1. The van der Waals surface area contributed by atoms with Crippen LogP contribution in [0.4, 0.5) is 16.2 Å². The number of carbonyl (C=O) groups is 3. The molecule has 2 heterocycles. The van der Waals surface area contributed by atoms with Gasteiger partial charge < -0.3 is 24.6 Å². The summed E-state index contributed by atoms with van der Waals surface area (Å²) < 4.78 is 10.3. The lowest BCUT2D eigenvalue weighted by atomic mass is 10.2. The van der Waals surface area contributed by atoms with Gasteiger partial charge in [-0.2, -0.15) is 0 Å². The second-order valence-corrected chi connectivity index (χ2v) is 8.74. The molecule has 3 fully saturated rings. The van der Waals surface area contributed by atoms with Gasteiger partial charge in [0.25, 0.3) is 5.91 Å². The van der Waals surface area contributed by atoms with Gasteiger partial charge in [-0.25, -0.2) is 4.79 Å². The van der Waals surface area contributed by atoms with E-state index in [9.17, 15) is 14.4 Å². The number of hydrogen-bond acceptors (Lipinski definition) is 7. The van der Waals surface area contributed by atoms with Gasteiger partial charge >= 0.3 is 12.1 Å². The van der Waals surface area contributed by atoms with Crippen LogP contribution in [0.1, 0.15) is 19.8 Å². The summed E-state index contributed by atoms with van der Waals surface area (Å²) in [6.07, 6.45) is 1.72. The molecule has 0 radical (unpaired) electrons. The first-order valence-electron chi connectivity index (χ1n) is 10.9. The summed E-state index contributed by atoms with van der Waals surface area (Å²) in [5, 5.41) is 3.22. The van der Waals surface area contributed by atoms with E-state index in [1.807, 2.05) is 24.3 Å². The molecule has 1 N–H and O–H groups in total. The average molecular weight is 461 g/mol. The summed E-state index contributed by atoms with van der Waals surface area (Å²) >= 11 is 5.34. The number of rotatable bonds is 7. The maximum Gasteiger partial charge on any atom is 0.414 e. The number of benzene rings is 1. The summed E-state index contributed by atoms with van der Waals surface area (Å²) in [6, 6.07) is 7.79. The molecule has 1 aromatic carbocycles. The van der Waals surface area contributed by atoms with E-state index < -0.39 is 5.97 Å². The van der Waals surface area contributed by atoms with E-state index in [1.54, 1.807) is 9.80 Å². The van der Waals surface area contributed by atoms with E-state index in [1.165, 1.54) is 6.92 Å². The molecule has 10 heteroatoms. The normalized spacial score (nSPS) is 20.7. The standard InChI is InChI=1S/C22H28N4O5S/c1-15(27)30-14-20(28)25-10-8-24(9-11-25)17-4-6-18(7-5-17)26-13-19(31-22(26)29)12-23-21(32)16-2-3-16/h4-7,16,19H,2-3,8-14H2,1H3,(H,23,32). The van der Waals surface area contributed by atoms with E-state index >= 15 is 0 Å². The summed E-state index contributed by atoms with van der Waals surface area (Å²) in [5.41, 5.74) is 1.82. The Morgan fingerprint density at radius 3 is 2.41 bits per heavy atom. The van der Waals surface area contributed by atoms with Crippen molar-refractivity contribution in [3.63, 3.8) is 0 Å². The lowest BCUT2D eigenvalue weighted by molar-refractivity contribution is -0.150. The Morgan fingerprint density at radius 2 is 1.78 bits per heavy atom. The van der Waals surface area contributed by atoms with Crippen LogP contribution in [-0.2, 0) is 19.1 Å². The Hall–Kier alpha value is -2.88. The Bertz CT molecular complexity index is 881. The minimum absolute atomic E-state index is 0.176. The van der Waals surface area contributed by atoms with Crippen molar-refractivity contribution in [1.29, 1.82) is 0 Å². The van der Waals surface area contributed by atoms with Crippen LogP contribution >= 0.6 is 12.2 Å². The van der Waals surface area contributed by atoms with Gasteiger partial charge in [0.1, 0.15) is 6.10 Å². The van der Waals surface area contributed by atoms with E-state index in [0.29, 0.717) is 45.2 Å². The number of nitrogens with one attached hydrogen (secondary N) is 1. The number of nitrogens with zero attached hydrogens (tertiary/aromatic N) is 3. The highest BCUT2D eigenvalue weighted by Gasteiger charge is 2.33. The predicted molar refractivity (Wildman–Crippen MR) is 123 cm³/mol. The maximum absolute atomic E-state index is 12.3. The van der Waals surface area contributed by atoms with Crippen molar-refractivity contribution in [2.24, 2.45) is 5.92 Å². The van der Waals surface area contributed by atoms with Crippen LogP contribution in [0, 0.1) is 5.92 Å². The SMILES string of the molecule is CC(=O)OCC(=O)N1CCN(c2ccc(N3CC(CNC(=S)C4CC4)OC3=O)cc2)CC1. The van der Waals surface area contributed by atoms with Gasteiger partial charge in [0.2, 0.25) is 0 Å². The third-order valence-electron chi connectivity index (χ3n) is 5.88. The number of amides is 2. The highest BCUT2D eigenvalue weighted by molar-refractivity contribution is 7.80. The second-order valence-electron chi connectivity index (χ2n) is 8.30. The van der Waals surface area contributed by atoms with Crippen LogP contribution in [0.15, 0.2) is 24.3 Å². The molecule has 1 atom stereocenters. The number of anilines is 2. The van der Waals surface area contributed by atoms with Gasteiger partial charge in [-0.3, -0.25) is 14.5 Å². The summed E-state index contributed by atoms with van der Waals surface area (Å²) in [5.74, 6) is -0.132. The van der Waals surface area contributed by atoms with Gasteiger partial charge in [-0.15, -0.1) is 0 Å². The lowest BCUT2D eigenvalue weighted by Crippen LogP contribution is -2.49. The molecule has 0 spiro atoms. The molecular weight excluding hydrogens is 432 g/mol. The number of thiocarbonyl (C=S) groups is 1. The highest BCUT2D eigenvalue weighted by atomic mass is 32.1. The molecule has 2 aliphatic heterocycles. The van der Waals surface area contributed by atoms with Crippen molar-refractivity contribution in [3.05, 3.63) is 24.3 Å². The number of ether oxygens (including phenoxy) is 2. The van der Waals surface area contributed by atoms with E-state index in [2.05, 4.69) is 10.2 Å². The maximum atomic E-state index is 12.3. The molecule has 0 bridgehead atoms. The molecule has 32 heavy (non-hydrogen) atoms. The van der Waals surface area contributed by atoms with Gasteiger partial charge in [-0.05, 0) is 37.1 Å². The number of cyclic esters (lactones) is 1. The molecule has 3 aliphatic rings. The number of esters is 1. The largest absolute Gasteiger partial charge is 0.456 e. The van der Waals surface area contributed by atoms with Crippen molar-refractivity contribution in [1.82, 2.24) is 10.2 Å². The first-order chi connectivity index (χ1) is 15.4. The Morgan fingerprint density at radius 1 is 1.12 bits per heavy atom. The van der Waals surface area contributed by atoms with Crippen molar-refractivity contribution < 1.29 is 23.9 Å². The molecule has 0 aromatic heterocycles. The van der Waals surface area contributed by atoms with Gasteiger partial charge in [0.05, 0.1) is 18.1 Å². The molecule has 4 rings (SSSR count). The van der Waals surface area contributed by atoms with Crippen molar-refractivity contribution in [3.8, 4) is 0 Å². The molecule has 9 nitrogen and oxygen atoms in total. The van der Waals surface area contributed by atoms with Crippen LogP contribution in [0.3, 0.4) is 0 Å². The van der Waals surface area contributed by atoms with Crippen LogP contribution in [-0.4, -0.2) is 79.8 Å². The molecule has 2 amide bonds. The summed E-state index contributed by atoms with van der Waals surface area (Å²) in [4.78, 5) is 41.7. The number of carbonyl (C=O) groups excluding carboxylic acids is 3. The first kappa shape index (κ1) is 22.3. The fourth-order valence-electron chi connectivity index (χ4n) is 3.86. The third-order valence-corrected chi connectivity index (χ3v) is 6.36. The molecule has 1 aromatic rings. The molecular formula is C22H28N4O5S. The Kier molecular flexibility index (Phi) is 6.78. The molecule has 2 saturated heterocycles. The molecule has 1 aliphatic carbocycles.